The molecule has 1 aromatic heterocycles. The quantitative estimate of drug-likeness (QED) is 0.432. The van der Waals surface area contributed by atoms with Crippen molar-refractivity contribution in [1.29, 1.82) is 0 Å². The molecule has 112 valence electrons. The van der Waals surface area contributed by atoms with Gasteiger partial charge in [-0.2, -0.15) is 13.2 Å². The number of carbonyl (C=O) groups excluding carboxylic acids is 1. The van der Waals surface area contributed by atoms with Gasteiger partial charge >= 0.3 is 12.1 Å². The van der Waals surface area contributed by atoms with Crippen LogP contribution in [0.15, 0.2) is 6.20 Å². The number of ether oxygens (including phenoxy) is 1. The van der Waals surface area contributed by atoms with Gasteiger partial charge in [-0.15, -0.1) is 0 Å². The van der Waals surface area contributed by atoms with Gasteiger partial charge in [-0.3, -0.25) is 9.78 Å². The van der Waals surface area contributed by atoms with E-state index in [1.807, 2.05) is 0 Å². The molecule has 0 atom stereocenters. The lowest BCUT2D eigenvalue weighted by Gasteiger charge is -2.16. The molecule has 0 saturated carbocycles. The monoisotopic (exact) mass is 409 g/mol. The molecule has 0 amide bonds. The number of carbonyl (C=O) groups is 1. The van der Waals surface area contributed by atoms with Crippen LogP contribution < -0.4 is 0 Å². The lowest BCUT2D eigenvalue weighted by Crippen LogP contribution is -2.18. The second-order valence-electron chi connectivity index (χ2n) is 3.63. The zero-order valence-corrected chi connectivity index (χ0v) is 12.3. The second kappa shape index (κ2) is 6.64. The highest BCUT2D eigenvalue weighted by molar-refractivity contribution is 14.1. The minimum atomic E-state index is -5.01. The van der Waals surface area contributed by atoms with Gasteiger partial charge in [0.2, 0.25) is 0 Å². The standard InChI is InChI=1S/C11H9F5INO2/c1-2-20-7(19)3-5-6(17)4-18-9(11(14,15)16)8(5)10(12)13/h4,10H,2-3H2,1H3. The van der Waals surface area contributed by atoms with Gasteiger partial charge in [0.25, 0.3) is 6.43 Å². The number of halogens is 6. The average Bonchev–Trinajstić information content (AvgIpc) is 2.29. The van der Waals surface area contributed by atoms with Gasteiger partial charge in [-0.25, -0.2) is 8.78 Å². The molecule has 9 heteroatoms. The first-order chi connectivity index (χ1) is 9.18. The summed E-state index contributed by atoms with van der Waals surface area (Å²) in [5.41, 5.74) is -3.34. The maximum atomic E-state index is 12.9. The van der Waals surface area contributed by atoms with Gasteiger partial charge in [-0.05, 0) is 35.1 Å². The van der Waals surface area contributed by atoms with E-state index in [1.165, 1.54) is 6.92 Å². The number of aromatic nitrogens is 1. The van der Waals surface area contributed by atoms with Gasteiger partial charge in [0.1, 0.15) is 0 Å². The van der Waals surface area contributed by atoms with Crippen molar-refractivity contribution in [2.75, 3.05) is 6.61 Å². The highest BCUT2D eigenvalue weighted by atomic mass is 127. The fourth-order valence-electron chi connectivity index (χ4n) is 1.54. The van der Waals surface area contributed by atoms with E-state index >= 15 is 0 Å². The number of esters is 1. The molecule has 1 aromatic rings. The molecule has 1 rings (SSSR count). The zero-order chi connectivity index (χ0) is 15.5. The van der Waals surface area contributed by atoms with E-state index in [2.05, 4.69) is 9.72 Å². The summed E-state index contributed by atoms with van der Waals surface area (Å²) in [7, 11) is 0. The first-order valence-electron chi connectivity index (χ1n) is 5.36. The van der Waals surface area contributed by atoms with Crippen LogP contribution in [0.2, 0.25) is 0 Å². The Balaban J connectivity index is 3.37. The van der Waals surface area contributed by atoms with Crippen molar-refractivity contribution in [2.24, 2.45) is 0 Å². The number of alkyl halides is 5. The predicted octanol–water partition coefficient (Wildman–Crippen LogP) is 3.75. The van der Waals surface area contributed by atoms with E-state index in [4.69, 9.17) is 0 Å². The van der Waals surface area contributed by atoms with Crippen molar-refractivity contribution >= 4 is 28.6 Å². The Bertz CT molecular complexity index is 504. The molecule has 20 heavy (non-hydrogen) atoms. The largest absolute Gasteiger partial charge is 0.466 e. The van der Waals surface area contributed by atoms with Crippen LogP contribution in [0.4, 0.5) is 22.0 Å². The first-order valence-corrected chi connectivity index (χ1v) is 6.44. The molecule has 0 bridgehead atoms. The molecular formula is C11H9F5INO2. The summed E-state index contributed by atoms with van der Waals surface area (Å²) in [6.07, 6.45) is -8.25. The van der Waals surface area contributed by atoms with Crippen LogP contribution in [-0.4, -0.2) is 17.6 Å². The topological polar surface area (TPSA) is 39.2 Å². The molecular weight excluding hydrogens is 400 g/mol. The molecule has 3 nitrogen and oxygen atoms in total. The molecule has 0 aliphatic carbocycles. The van der Waals surface area contributed by atoms with Gasteiger partial charge in [0.15, 0.2) is 5.69 Å². The molecule has 0 aromatic carbocycles. The average molecular weight is 409 g/mol. The Morgan fingerprint density at radius 3 is 2.50 bits per heavy atom. The number of hydrogen-bond acceptors (Lipinski definition) is 3. The summed E-state index contributed by atoms with van der Waals surface area (Å²) in [5, 5.41) is 0. The van der Waals surface area contributed by atoms with E-state index in [0.29, 0.717) is 0 Å². The molecule has 0 aliphatic rings. The third-order valence-electron chi connectivity index (χ3n) is 2.29. The predicted molar refractivity (Wildman–Crippen MR) is 67.2 cm³/mol. The van der Waals surface area contributed by atoms with E-state index in [9.17, 15) is 26.7 Å². The van der Waals surface area contributed by atoms with Crippen molar-refractivity contribution in [3.05, 3.63) is 26.6 Å². The molecule has 0 N–H and O–H groups in total. The van der Waals surface area contributed by atoms with E-state index < -0.39 is 41.8 Å². The van der Waals surface area contributed by atoms with Crippen LogP contribution in [0.25, 0.3) is 0 Å². The summed E-state index contributed by atoms with van der Waals surface area (Å²) in [5.74, 6) is -0.869. The Kier molecular flexibility index (Phi) is 5.66. The van der Waals surface area contributed by atoms with Gasteiger partial charge in [0.05, 0.1) is 18.6 Å². The van der Waals surface area contributed by atoms with Crippen molar-refractivity contribution in [1.82, 2.24) is 4.98 Å². The van der Waals surface area contributed by atoms with Crippen molar-refractivity contribution in [3.8, 4) is 0 Å². The molecule has 0 unspecified atom stereocenters. The number of pyridine rings is 1. The second-order valence-corrected chi connectivity index (χ2v) is 4.79. The SMILES string of the molecule is CCOC(=O)Cc1c(I)cnc(C(F)(F)F)c1C(F)F. The number of rotatable bonds is 4. The Labute approximate surface area is 124 Å². The lowest BCUT2D eigenvalue weighted by atomic mass is 10.0. The third-order valence-corrected chi connectivity index (χ3v) is 3.22. The van der Waals surface area contributed by atoms with Crippen LogP contribution in [0, 0.1) is 3.57 Å². The van der Waals surface area contributed by atoms with Crippen molar-refractivity contribution < 1.29 is 31.5 Å². The van der Waals surface area contributed by atoms with Gasteiger partial charge < -0.3 is 4.74 Å². The third kappa shape index (κ3) is 4.00. The summed E-state index contributed by atoms with van der Waals surface area (Å²) in [6, 6.07) is 0. The fourth-order valence-corrected chi connectivity index (χ4v) is 2.16. The summed E-state index contributed by atoms with van der Waals surface area (Å²) >= 11 is 1.55. The highest BCUT2D eigenvalue weighted by Crippen LogP contribution is 2.38. The maximum absolute atomic E-state index is 12.9. The van der Waals surface area contributed by atoms with Crippen LogP contribution >= 0.6 is 22.6 Å². The number of nitrogens with zero attached hydrogens (tertiary/aromatic N) is 1. The van der Waals surface area contributed by atoms with Crippen LogP contribution in [-0.2, 0) is 22.1 Å². The molecule has 0 saturated heterocycles. The maximum Gasteiger partial charge on any atom is 0.433 e. The Hall–Kier alpha value is -1.00. The molecule has 0 aliphatic heterocycles. The smallest absolute Gasteiger partial charge is 0.433 e. The summed E-state index contributed by atoms with van der Waals surface area (Å²) < 4.78 is 68.6. The normalized spacial score (nSPS) is 11.8. The van der Waals surface area contributed by atoms with E-state index in [0.717, 1.165) is 6.20 Å². The minimum absolute atomic E-state index is 0.0106. The summed E-state index contributed by atoms with van der Waals surface area (Å²) in [4.78, 5) is 14.3. The van der Waals surface area contributed by atoms with Crippen molar-refractivity contribution in [3.63, 3.8) is 0 Å². The first kappa shape index (κ1) is 17.1. The zero-order valence-electron chi connectivity index (χ0n) is 10.1. The molecule has 0 radical (unpaired) electrons. The summed E-state index contributed by atoms with van der Waals surface area (Å²) in [6.45, 7) is 1.52. The van der Waals surface area contributed by atoms with E-state index in [1.54, 1.807) is 22.6 Å². The van der Waals surface area contributed by atoms with Gasteiger partial charge in [-0.1, -0.05) is 0 Å². The van der Waals surface area contributed by atoms with Gasteiger partial charge in [0, 0.05) is 9.77 Å². The molecule has 0 fully saturated rings. The number of hydrogen-bond donors (Lipinski definition) is 0. The Morgan fingerprint density at radius 2 is 2.05 bits per heavy atom. The Morgan fingerprint density at radius 1 is 1.45 bits per heavy atom. The minimum Gasteiger partial charge on any atom is -0.466 e. The van der Waals surface area contributed by atoms with Crippen molar-refractivity contribution in [2.45, 2.75) is 25.9 Å². The fraction of sp³-hybridized carbons (Fsp3) is 0.455. The highest BCUT2D eigenvalue weighted by Gasteiger charge is 2.39. The molecule has 0 spiro atoms. The van der Waals surface area contributed by atoms with Crippen LogP contribution in [0.1, 0.15) is 30.2 Å². The van der Waals surface area contributed by atoms with Crippen LogP contribution in [0.3, 0.4) is 0 Å². The molecule has 1 heterocycles. The van der Waals surface area contributed by atoms with Crippen LogP contribution in [0.5, 0.6) is 0 Å². The lowest BCUT2D eigenvalue weighted by molar-refractivity contribution is -0.144. The van der Waals surface area contributed by atoms with E-state index in [-0.39, 0.29) is 10.2 Å².